The number of carbonyl (C=O) groups is 1. The summed E-state index contributed by atoms with van der Waals surface area (Å²) in [4.78, 5) is 15.1. The van der Waals surface area contributed by atoms with Crippen LogP contribution in [-0.4, -0.2) is 32.6 Å². The number of amides is 1. The second-order valence-corrected chi connectivity index (χ2v) is 3.97. The van der Waals surface area contributed by atoms with Crippen LogP contribution in [0.25, 0.3) is 0 Å². The largest absolute Gasteiger partial charge is 0.378 e. The van der Waals surface area contributed by atoms with Crippen LogP contribution in [0.3, 0.4) is 0 Å². The van der Waals surface area contributed by atoms with Crippen molar-refractivity contribution in [2.45, 2.75) is 6.04 Å². The predicted molar refractivity (Wildman–Crippen MR) is 61.1 cm³/mol. The molecule has 1 aromatic rings. The number of benzene rings is 1. The van der Waals surface area contributed by atoms with E-state index in [9.17, 15) is 4.79 Å². The Morgan fingerprint density at radius 3 is 2.33 bits per heavy atom. The van der Waals surface area contributed by atoms with Gasteiger partial charge in [-0.25, -0.2) is 0 Å². The van der Waals surface area contributed by atoms with E-state index in [0.29, 0.717) is 6.54 Å². The maximum atomic E-state index is 11.4. The Labute approximate surface area is 89.3 Å². The van der Waals surface area contributed by atoms with Crippen LogP contribution in [0.15, 0.2) is 24.3 Å². The van der Waals surface area contributed by atoms with Crippen LogP contribution in [0.2, 0.25) is 0 Å². The molecule has 1 heterocycles. The van der Waals surface area contributed by atoms with Crippen LogP contribution in [0, 0.1) is 0 Å². The molecule has 1 fully saturated rings. The molecule has 0 spiro atoms. The van der Waals surface area contributed by atoms with Crippen LogP contribution in [0.5, 0.6) is 0 Å². The summed E-state index contributed by atoms with van der Waals surface area (Å²) in [5.74, 6) is 0.00704. The fraction of sp³-hybridized carbons (Fsp3) is 0.364. The molecule has 0 aliphatic carbocycles. The minimum Gasteiger partial charge on any atom is -0.378 e. The van der Waals surface area contributed by atoms with Crippen LogP contribution < -0.4 is 15.5 Å². The van der Waals surface area contributed by atoms with E-state index in [1.165, 1.54) is 0 Å². The van der Waals surface area contributed by atoms with Gasteiger partial charge in [0.25, 0.3) is 0 Å². The van der Waals surface area contributed by atoms with Crippen molar-refractivity contribution in [2.24, 2.45) is 5.73 Å². The Morgan fingerprint density at radius 2 is 1.93 bits per heavy atom. The average molecular weight is 205 g/mol. The predicted octanol–water partition coefficient (Wildman–Crippen LogP) is 0.426. The maximum Gasteiger partial charge on any atom is 0.245 e. The summed E-state index contributed by atoms with van der Waals surface area (Å²) in [6, 6.07) is 7.57. The molecule has 0 saturated carbocycles. The lowest BCUT2D eigenvalue weighted by Gasteiger charge is -2.36. The van der Waals surface area contributed by atoms with Crippen molar-refractivity contribution in [3.63, 3.8) is 0 Å². The van der Waals surface area contributed by atoms with E-state index >= 15 is 0 Å². The smallest absolute Gasteiger partial charge is 0.245 e. The number of nitrogens with two attached hydrogens (primary N) is 1. The molecule has 15 heavy (non-hydrogen) atoms. The summed E-state index contributed by atoms with van der Waals surface area (Å²) in [6.45, 7) is 0.625. The molecule has 80 valence electrons. The van der Waals surface area contributed by atoms with Crippen molar-refractivity contribution in [1.29, 1.82) is 0 Å². The number of nitrogens with zero attached hydrogens (tertiary/aromatic N) is 2. The van der Waals surface area contributed by atoms with E-state index in [2.05, 4.69) is 0 Å². The second-order valence-electron chi connectivity index (χ2n) is 3.97. The first-order chi connectivity index (χ1) is 7.09. The van der Waals surface area contributed by atoms with Gasteiger partial charge in [-0.15, -0.1) is 0 Å². The molecular weight excluding hydrogens is 190 g/mol. The first kappa shape index (κ1) is 9.98. The SMILES string of the molecule is CN(C)c1ccc(N2CC(N)C2=O)cc1. The van der Waals surface area contributed by atoms with Gasteiger partial charge in [-0.2, -0.15) is 0 Å². The fourth-order valence-electron chi connectivity index (χ4n) is 1.62. The molecular formula is C11H15N3O. The van der Waals surface area contributed by atoms with Crippen LogP contribution in [0.4, 0.5) is 11.4 Å². The first-order valence-corrected chi connectivity index (χ1v) is 4.94. The van der Waals surface area contributed by atoms with E-state index in [4.69, 9.17) is 5.73 Å². The summed E-state index contributed by atoms with van der Waals surface area (Å²) < 4.78 is 0. The number of anilines is 2. The van der Waals surface area contributed by atoms with Crippen molar-refractivity contribution in [3.8, 4) is 0 Å². The monoisotopic (exact) mass is 205 g/mol. The molecule has 2 rings (SSSR count). The number of hydrogen-bond donors (Lipinski definition) is 1. The third kappa shape index (κ3) is 1.68. The van der Waals surface area contributed by atoms with Crippen molar-refractivity contribution >= 4 is 17.3 Å². The molecule has 1 aromatic carbocycles. The summed E-state index contributed by atoms with van der Waals surface area (Å²) in [5.41, 5.74) is 7.57. The summed E-state index contributed by atoms with van der Waals surface area (Å²) in [7, 11) is 3.97. The summed E-state index contributed by atoms with van der Waals surface area (Å²) >= 11 is 0. The Bertz CT molecular complexity index is 372. The third-order valence-corrected chi connectivity index (χ3v) is 2.64. The fourth-order valence-corrected chi connectivity index (χ4v) is 1.62. The molecule has 1 aliphatic rings. The lowest BCUT2D eigenvalue weighted by atomic mass is 10.1. The highest BCUT2D eigenvalue weighted by atomic mass is 16.2. The topological polar surface area (TPSA) is 49.6 Å². The zero-order valence-electron chi connectivity index (χ0n) is 8.97. The highest BCUT2D eigenvalue weighted by Crippen LogP contribution is 2.23. The van der Waals surface area contributed by atoms with Crippen LogP contribution >= 0.6 is 0 Å². The van der Waals surface area contributed by atoms with Crippen molar-refractivity contribution in [1.82, 2.24) is 0 Å². The first-order valence-electron chi connectivity index (χ1n) is 4.94. The van der Waals surface area contributed by atoms with Crippen molar-refractivity contribution < 1.29 is 4.79 Å². The summed E-state index contributed by atoms with van der Waals surface area (Å²) in [6.07, 6.45) is 0. The quantitative estimate of drug-likeness (QED) is 0.712. The van der Waals surface area contributed by atoms with Gasteiger partial charge >= 0.3 is 0 Å². The zero-order chi connectivity index (χ0) is 11.0. The van der Waals surface area contributed by atoms with Gasteiger partial charge in [-0.1, -0.05) is 0 Å². The van der Waals surface area contributed by atoms with E-state index < -0.39 is 0 Å². The van der Waals surface area contributed by atoms with Crippen molar-refractivity contribution in [3.05, 3.63) is 24.3 Å². The number of hydrogen-bond acceptors (Lipinski definition) is 3. The molecule has 0 aromatic heterocycles. The third-order valence-electron chi connectivity index (χ3n) is 2.64. The summed E-state index contributed by atoms with van der Waals surface area (Å²) in [5, 5.41) is 0. The Morgan fingerprint density at radius 1 is 1.33 bits per heavy atom. The number of rotatable bonds is 2. The molecule has 1 atom stereocenters. The van der Waals surface area contributed by atoms with Gasteiger partial charge in [0.15, 0.2) is 0 Å². The van der Waals surface area contributed by atoms with Gasteiger partial charge in [0.2, 0.25) is 5.91 Å². The van der Waals surface area contributed by atoms with Gasteiger partial charge in [0, 0.05) is 25.5 Å². The van der Waals surface area contributed by atoms with Gasteiger partial charge in [-0.3, -0.25) is 4.79 Å². The lowest BCUT2D eigenvalue weighted by molar-refractivity contribution is -0.123. The maximum absolute atomic E-state index is 11.4. The minimum atomic E-state index is -0.307. The molecule has 1 unspecified atom stereocenters. The molecule has 4 nitrogen and oxygen atoms in total. The molecule has 2 N–H and O–H groups in total. The molecule has 1 saturated heterocycles. The Kier molecular flexibility index (Phi) is 2.36. The molecule has 0 radical (unpaired) electrons. The molecule has 1 aliphatic heterocycles. The molecule has 0 bridgehead atoms. The van der Waals surface area contributed by atoms with Gasteiger partial charge in [0.1, 0.15) is 6.04 Å². The number of carbonyl (C=O) groups excluding carboxylic acids is 1. The normalized spacial score (nSPS) is 20.1. The minimum absolute atomic E-state index is 0.00704. The van der Waals surface area contributed by atoms with E-state index in [1.807, 2.05) is 43.3 Å². The molecule has 1 amide bonds. The van der Waals surface area contributed by atoms with Crippen LogP contribution in [0.1, 0.15) is 0 Å². The van der Waals surface area contributed by atoms with Gasteiger partial charge in [0.05, 0.1) is 6.54 Å². The standard InChI is InChI=1S/C11H15N3O/c1-13(2)8-3-5-9(6-4-8)14-7-10(12)11(14)15/h3-6,10H,7,12H2,1-2H3. The average Bonchev–Trinajstić information content (AvgIpc) is 2.25. The van der Waals surface area contributed by atoms with Crippen LogP contribution in [-0.2, 0) is 4.79 Å². The highest BCUT2D eigenvalue weighted by Gasteiger charge is 2.34. The van der Waals surface area contributed by atoms with Crippen molar-refractivity contribution in [2.75, 3.05) is 30.4 Å². The second kappa shape index (κ2) is 3.55. The van der Waals surface area contributed by atoms with E-state index in [0.717, 1.165) is 11.4 Å². The van der Waals surface area contributed by atoms with Gasteiger partial charge < -0.3 is 15.5 Å². The Hall–Kier alpha value is -1.55. The van der Waals surface area contributed by atoms with E-state index in [1.54, 1.807) is 4.90 Å². The number of β-lactam (4-membered cyclic amide) rings is 1. The highest BCUT2D eigenvalue weighted by molar-refractivity contribution is 6.03. The molecule has 4 heteroatoms. The Balaban J connectivity index is 2.14. The lowest BCUT2D eigenvalue weighted by Crippen LogP contribution is -2.61. The van der Waals surface area contributed by atoms with E-state index in [-0.39, 0.29) is 11.9 Å². The van der Waals surface area contributed by atoms with Gasteiger partial charge in [-0.05, 0) is 24.3 Å². The zero-order valence-corrected chi connectivity index (χ0v) is 8.97.